The molecular weight excluding hydrogens is 259 g/mol. The van der Waals surface area contributed by atoms with Gasteiger partial charge in [0, 0.05) is 5.02 Å². The summed E-state index contributed by atoms with van der Waals surface area (Å²) in [6.07, 6.45) is 0.551. The third-order valence-electron chi connectivity index (χ3n) is 2.72. The number of halogens is 2. The highest BCUT2D eigenvalue weighted by molar-refractivity contribution is 6.30. The van der Waals surface area contributed by atoms with E-state index >= 15 is 0 Å². The van der Waals surface area contributed by atoms with Crippen LogP contribution in [0.1, 0.15) is 20.3 Å². The van der Waals surface area contributed by atoms with E-state index in [1.807, 2.05) is 6.92 Å². The number of hydrogen-bond donors (Lipinski definition) is 3. The average Bonchev–Trinajstić information content (AvgIpc) is 2.33. The largest absolute Gasteiger partial charge is 0.394 e. The van der Waals surface area contributed by atoms with Gasteiger partial charge in [0.15, 0.2) is 0 Å². The molecule has 100 valence electrons. The van der Waals surface area contributed by atoms with Gasteiger partial charge in [-0.15, -0.1) is 0 Å². The van der Waals surface area contributed by atoms with Crippen molar-refractivity contribution < 1.29 is 14.3 Å². The molecule has 1 aromatic rings. The van der Waals surface area contributed by atoms with Gasteiger partial charge in [0.2, 0.25) is 0 Å². The molecule has 0 heterocycles. The number of carbonyl (C=O) groups is 1. The summed E-state index contributed by atoms with van der Waals surface area (Å²) in [5, 5.41) is 14.4. The van der Waals surface area contributed by atoms with Crippen molar-refractivity contribution in [2.75, 3.05) is 11.9 Å². The molecule has 3 N–H and O–H groups in total. The quantitative estimate of drug-likeness (QED) is 0.791. The first-order valence-electron chi connectivity index (χ1n) is 5.55. The van der Waals surface area contributed by atoms with Crippen LogP contribution in [0.5, 0.6) is 0 Å². The van der Waals surface area contributed by atoms with Crippen molar-refractivity contribution in [2.45, 2.75) is 25.8 Å². The maximum absolute atomic E-state index is 13.4. The standard InChI is InChI=1S/C12H16ClFN2O2/c1-3-12(2,7-17)16-11(18)15-10-6-8(13)4-5-9(10)14/h4-6,17H,3,7H2,1-2H3,(H2,15,16,18). The summed E-state index contributed by atoms with van der Waals surface area (Å²) in [5.41, 5.74) is -0.740. The molecule has 1 atom stereocenters. The highest BCUT2D eigenvalue weighted by Crippen LogP contribution is 2.19. The fourth-order valence-corrected chi connectivity index (χ4v) is 1.43. The normalized spacial score (nSPS) is 13.8. The van der Waals surface area contributed by atoms with Crippen LogP contribution in [0.15, 0.2) is 18.2 Å². The summed E-state index contributed by atoms with van der Waals surface area (Å²) in [5.74, 6) is -0.572. The van der Waals surface area contributed by atoms with Gasteiger partial charge >= 0.3 is 6.03 Å². The number of anilines is 1. The molecule has 1 rings (SSSR count). The Bertz CT molecular complexity index is 436. The molecule has 18 heavy (non-hydrogen) atoms. The molecule has 0 aliphatic heterocycles. The van der Waals surface area contributed by atoms with Crippen LogP contribution in [0.3, 0.4) is 0 Å². The Labute approximate surface area is 110 Å². The Hall–Kier alpha value is -1.33. The van der Waals surface area contributed by atoms with Crippen molar-refractivity contribution in [1.29, 1.82) is 0 Å². The van der Waals surface area contributed by atoms with Gasteiger partial charge < -0.3 is 15.7 Å². The van der Waals surface area contributed by atoms with Crippen LogP contribution in [-0.2, 0) is 0 Å². The summed E-state index contributed by atoms with van der Waals surface area (Å²) >= 11 is 5.71. The third kappa shape index (κ3) is 3.85. The van der Waals surface area contributed by atoms with E-state index in [1.54, 1.807) is 6.92 Å². The van der Waals surface area contributed by atoms with Gasteiger partial charge in [-0.05, 0) is 31.5 Å². The zero-order valence-electron chi connectivity index (χ0n) is 10.3. The van der Waals surface area contributed by atoms with Crippen molar-refractivity contribution in [3.05, 3.63) is 29.0 Å². The van der Waals surface area contributed by atoms with Gasteiger partial charge in [-0.2, -0.15) is 0 Å². The predicted octanol–water partition coefficient (Wildman–Crippen LogP) is 2.76. The van der Waals surface area contributed by atoms with E-state index in [2.05, 4.69) is 10.6 Å². The number of urea groups is 1. The van der Waals surface area contributed by atoms with Gasteiger partial charge in [0.1, 0.15) is 5.82 Å². The fourth-order valence-electron chi connectivity index (χ4n) is 1.26. The Morgan fingerprint density at radius 2 is 2.22 bits per heavy atom. The molecule has 0 radical (unpaired) electrons. The molecule has 2 amide bonds. The van der Waals surface area contributed by atoms with E-state index in [4.69, 9.17) is 16.7 Å². The van der Waals surface area contributed by atoms with Crippen molar-refractivity contribution in [2.24, 2.45) is 0 Å². The first kappa shape index (κ1) is 14.7. The summed E-state index contributed by atoms with van der Waals surface area (Å²) in [7, 11) is 0. The van der Waals surface area contributed by atoms with Crippen LogP contribution >= 0.6 is 11.6 Å². The lowest BCUT2D eigenvalue weighted by molar-refractivity contribution is 0.172. The summed E-state index contributed by atoms with van der Waals surface area (Å²) in [6, 6.07) is 3.29. The molecule has 0 aliphatic carbocycles. The fraction of sp³-hybridized carbons (Fsp3) is 0.417. The van der Waals surface area contributed by atoms with Gasteiger partial charge in [-0.1, -0.05) is 18.5 Å². The Kier molecular flexibility index (Phi) is 4.93. The number of rotatable bonds is 4. The molecular formula is C12H16ClFN2O2. The predicted molar refractivity (Wildman–Crippen MR) is 69.3 cm³/mol. The molecule has 1 aromatic carbocycles. The van der Waals surface area contributed by atoms with E-state index in [0.717, 1.165) is 0 Å². The Morgan fingerprint density at radius 3 is 2.78 bits per heavy atom. The minimum absolute atomic E-state index is 0.00334. The first-order valence-corrected chi connectivity index (χ1v) is 5.93. The molecule has 4 nitrogen and oxygen atoms in total. The van der Waals surface area contributed by atoms with Gasteiger partial charge in [0.25, 0.3) is 0 Å². The second-order valence-electron chi connectivity index (χ2n) is 4.28. The van der Waals surface area contributed by atoms with Crippen molar-refractivity contribution in [1.82, 2.24) is 5.32 Å². The maximum Gasteiger partial charge on any atom is 0.319 e. The summed E-state index contributed by atoms with van der Waals surface area (Å²) in [4.78, 5) is 11.7. The third-order valence-corrected chi connectivity index (χ3v) is 2.96. The van der Waals surface area contributed by atoms with Crippen LogP contribution in [0, 0.1) is 5.82 Å². The highest BCUT2D eigenvalue weighted by atomic mass is 35.5. The molecule has 0 saturated heterocycles. The van der Waals surface area contributed by atoms with Gasteiger partial charge in [-0.3, -0.25) is 0 Å². The lowest BCUT2D eigenvalue weighted by Gasteiger charge is -2.27. The van der Waals surface area contributed by atoms with Crippen LogP contribution < -0.4 is 10.6 Å². The van der Waals surface area contributed by atoms with E-state index in [-0.39, 0.29) is 12.3 Å². The molecule has 0 saturated carbocycles. The second-order valence-corrected chi connectivity index (χ2v) is 4.71. The van der Waals surface area contributed by atoms with E-state index in [0.29, 0.717) is 11.4 Å². The number of hydrogen-bond acceptors (Lipinski definition) is 2. The molecule has 0 spiro atoms. The molecule has 0 aliphatic rings. The topological polar surface area (TPSA) is 61.4 Å². The molecule has 0 fully saturated rings. The number of aliphatic hydroxyl groups is 1. The monoisotopic (exact) mass is 274 g/mol. The number of carbonyl (C=O) groups excluding carboxylic acids is 1. The Balaban J connectivity index is 2.73. The van der Waals surface area contributed by atoms with Crippen LogP contribution in [-0.4, -0.2) is 23.3 Å². The number of benzene rings is 1. The summed E-state index contributed by atoms with van der Waals surface area (Å²) < 4.78 is 13.4. The van der Waals surface area contributed by atoms with Gasteiger partial charge in [0.05, 0.1) is 17.8 Å². The molecule has 0 bridgehead atoms. The Morgan fingerprint density at radius 1 is 1.56 bits per heavy atom. The van der Waals surface area contributed by atoms with Crippen molar-refractivity contribution in [3.63, 3.8) is 0 Å². The zero-order valence-corrected chi connectivity index (χ0v) is 11.0. The minimum atomic E-state index is -0.737. The average molecular weight is 275 g/mol. The smallest absolute Gasteiger partial charge is 0.319 e. The van der Waals surface area contributed by atoms with Crippen LogP contribution in [0.25, 0.3) is 0 Å². The molecule has 1 unspecified atom stereocenters. The minimum Gasteiger partial charge on any atom is -0.394 e. The summed E-state index contributed by atoms with van der Waals surface area (Å²) in [6.45, 7) is 3.33. The van der Waals surface area contributed by atoms with E-state index in [9.17, 15) is 9.18 Å². The maximum atomic E-state index is 13.4. The number of nitrogens with one attached hydrogen (secondary N) is 2. The molecule has 0 aromatic heterocycles. The number of amides is 2. The van der Waals surface area contributed by atoms with E-state index < -0.39 is 17.4 Å². The highest BCUT2D eigenvalue weighted by Gasteiger charge is 2.23. The van der Waals surface area contributed by atoms with E-state index in [1.165, 1.54) is 18.2 Å². The molecule has 6 heteroatoms. The van der Waals surface area contributed by atoms with Crippen molar-refractivity contribution in [3.8, 4) is 0 Å². The van der Waals surface area contributed by atoms with Crippen LogP contribution in [0.4, 0.5) is 14.9 Å². The first-order chi connectivity index (χ1) is 8.40. The van der Waals surface area contributed by atoms with Crippen LogP contribution in [0.2, 0.25) is 5.02 Å². The number of aliphatic hydroxyl groups excluding tert-OH is 1. The van der Waals surface area contributed by atoms with Crippen molar-refractivity contribution >= 4 is 23.3 Å². The zero-order chi connectivity index (χ0) is 13.8. The second kappa shape index (κ2) is 6.02. The lowest BCUT2D eigenvalue weighted by atomic mass is 10.0. The van der Waals surface area contributed by atoms with Gasteiger partial charge in [-0.25, -0.2) is 9.18 Å². The SMILES string of the molecule is CCC(C)(CO)NC(=O)Nc1cc(Cl)ccc1F. The lowest BCUT2D eigenvalue weighted by Crippen LogP contribution is -2.50.